The van der Waals surface area contributed by atoms with Crippen molar-refractivity contribution in [2.24, 2.45) is 33.8 Å². The molecule has 5 atom stereocenters. The molecule has 194 valence electrons. The van der Waals surface area contributed by atoms with Gasteiger partial charge in [0, 0.05) is 6.54 Å². The molecule has 13 N–H and O–H groups in total. The standard InChI is InChI=1S/C19H36N8O7/c1-8(2)13(26-15(30)10(20)7-12(21)29)17(32)25-11(5-4-6-24-19(22)23)16(31)27-14(9(3)28)18(33)34/h8-11,13-14,28H,4-7,20H2,1-3H3,(H2,21,29)(H,25,32)(H,26,30)(H,27,31)(H,33,34)(H4,22,23,24). The Morgan fingerprint density at radius 3 is 1.88 bits per heavy atom. The number of rotatable bonds is 15. The molecule has 0 saturated heterocycles. The summed E-state index contributed by atoms with van der Waals surface area (Å²) in [6, 6.07) is -5.25. The zero-order chi connectivity index (χ0) is 26.6. The van der Waals surface area contributed by atoms with Crippen LogP contribution in [0.1, 0.15) is 40.0 Å². The molecule has 15 heteroatoms. The summed E-state index contributed by atoms with van der Waals surface area (Å²) in [6.07, 6.45) is -1.58. The van der Waals surface area contributed by atoms with Crippen molar-refractivity contribution in [2.45, 2.75) is 70.3 Å². The molecule has 0 bridgehead atoms. The van der Waals surface area contributed by atoms with Gasteiger partial charge in [0.15, 0.2) is 12.0 Å². The molecular weight excluding hydrogens is 452 g/mol. The fraction of sp³-hybridized carbons (Fsp3) is 0.684. The van der Waals surface area contributed by atoms with E-state index < -0.39 is 72.2 Å². The average Bonchev–Trinajstić information content (AvgIpc) is 2.70. The summed E-state index contributed by atoms with van der Waals surface area (Å²) in [5.41, 5.74) is 21.2. The summed E-state index contributed by atoms with van der Waals surface area (Å²) >= 11 is 0. The van der Waals surface area contributed by atoms with Gasteiger partial charge in [-0.3, -0.25) is 24.2 Å². The van der Waals surface area contributed by atoms with Gasteiger partial charge < -0.3 is 49.1 Å². The molecule has 0 aliphatic carbocycles. The molecule has 0 spiro atoms. The van der Waals surface area contributed by atoms with Crippen molar-refractivity contribution in [1.82, 2.24) is 16.0 Å². The number of carbonyl (C=O) groups is 5. The second kappa shape index (κ2) is 14.6. The predicted octanol–water partition coefficient (Wildman–Crippen LogP) is -4.18. The topological polar surface area (TPSA) is 278 Å². The van der Waals surface area contributed by atoms with Crippen LogP contribution in [0.25, 0.3) is 0 Å². The van der Waals surface area contributed by atoms with E-state index in [1.165, 1.54) is 6.92 Å². The van der Waals surface area contributed by atoms with Crippen molar-refractivity contribution in [3.8, 4) is 0 Å². The Labute approximate surface area is 197 Å². The van der Waals surface area contributed by atoms with Crippen LogP contribution in [0.3, 0.4) is 0 Å². The van der Waals surface area contributed by atoms with Crippen molar-refractivity contribution in [2.75, 3.05) is 6.54 Å². The van der Waals surface area contributed by atoms with Crippen molar-refractivity contribution in [1.29, 1.82) is 0 Å². The number of aliphatic carboxylic acids is 1. The largest absolute Gasteiger partial charge is 0.480 e. The molecule has 0 rings (SSSR count). The van der Waals surface area contributed by atoms with E-state index in [-0.39, 0.29) is 25.3 Å². The number of aliphatic hydroxyl groups is 1. The number of nitrogens with two attached hydrogens (primary N) is 4. The first-order valence-electron chi connectivity index (χ1n) is 10.6. The van der Waals surface area contributed by atoms with Gasteiger partial charge in [-0.05, 0) is 25.7 Å². The molecule has 34 heavy (non-hydrogen) atoms. The predicted molar refractivity (Wildman–Crippen MR) is 122 cm³/mol. The van der Waals surface area contributed by atoms with Crippen LogP contribution >= 0.6 is 0 Å². The number of nitrogens with one attached hydrogen (secondary N) is 3. The number of aliphatic hydroxyl groups excluding tert-OH is 1. The van der Waals surface area contributed by atoms with E-state index >= 15 is 0 Å². The van der Waals surface area contributed by atoms with E-state index in [0.29, 0.717) is 0 Å². The van der Waals surface area contributed by atoms with Gasteiger partial charge in [-0.15, -0.1) is 0 Å². The van der Waals surface area contributed by atoms with E-state index in [4.69, 9.17) is 22.9 Å². The summed E-state index contributed by atoms with van der Waals surface area (Å²) < 4.78 is 0. The Morgan fingerprint density at radius 2 is 1.44 bits per heavy atom. The second-order valence-corrected chi connectivity index (χ2v) is 8.08. The highest BCUT2D eigenvalue weighted by molar-refractivity contribution is 5.95. The second-order valence-electron chi connectivity index (χ2n) is 8.08. The molecule has 4 amide bonds. The quantitative estimate of drug-likeness (QED) is 0.0608. The van der Waals surface area contributed by atoms with E-state index in [2.05, 4.69) is 20.9 Å². The Bertz CT molecular complexity index is 768. The highest BCUT2D eigenvalue weighted by atomic mass is 16.4. The Balaban J connectivity index is 5.55. The van der Waals surface area contributed by atoms with Crippen LogP contribution in [0.15, 0.2) is 4.99 Å². The molecule has 0 aromatic carbocycles. The molecule has 0 aliphatic rings. The maximum atomic E-state index is 12.9. The average molecular weight is 489 g/mol. The smallest absolute Gasteiger partial charge is 0.328 e. The number of nitrogens with zero attached hydrogens (tertiary/aromatic N) is 1. The molecule has 0 radical (unpaired) electrons. The number of hydrogen-bond donors (Lipinski definition) is 9. The third kappa shape index (κ3) is 11.4. The lowest BCUT2D eigenvalue weighted by Crippen LogP contribution is -2.59. The van der Waals surface area contributed by atoms with Crippen LogP contribution in [0, 0.1) is 5.92 Å². The van der Waals surface area contributed by atoms with Crippen LogP contribution in [0.2, 0.25) is 0 Å². The number of aliphatic imine (C=N–C) groups is 1. The minimum Gasteiger partial charge on any atom is -0.480 e. The zero-order valence-corrected chi connectivity index (χ0v) is 19.5. The fourth-order valence-corrected chi connectivity index (χ4v) is 2.78. The number of carboxylic acids is 1. The van der Waals surface area contributed by atoms with Crippen LogP contribution in [0.4, 0.5) is 0 Å². The van der Waals surface area contributed by atoms with E-state index in [1.54, 1.807) is 13.8 Å². The lowest BCUT2D eigenvalue weighted by Gasteiger charge is -2.27. The van der Waals surface area contributed by atoms with E-state index in [1.807, 2.05) is 0 Å². The van der Waals surface area contributed by atoms with Gasteiger partial charge in [-0.1, -0.05) is 13.8 Å². The summed E-state index contributed by atoms with van der Waals surface area (Å²) in [5, 5.41) is 25.9. The van der Waals surface area contributed by atoms with Gasteiger partial charge in [0.2, 0.25) is 23.6 Å². The summed E-state index contributed by atoms with van der Waals surface area (Å²) in [6.45, 7) is 4.58. The molecule has 0 fully saturated rings. The maximum absolute atomic E-state index is 12.9. The van der Waals surface area contributed by atoms with E-state index in [9.17, 15) is 34.2 Å². The Hall–Kier alpha value is -3.46. The van der Waals surface area contributed by atoms with Crippen LogP contribution < -0.4 is 38.9 Å². The summed E-state index contributed by atoms with van der Waals surface area (Å²) in [4.78, 5) is 64.0. The number of carbonyl (C=O) groups excluding carboxylic acids is 4. The molecule has 15 nitrogen and oxygen atoms in total. The SMILES string of the molecule is CC(C)C(NC(=O)C(N)CC(N)=O)C(=O)NC(CCCN=C(N)N)C(=O)NC(C(=O)O)C(C)O. The van der Waals surface area contributed by atoms with Crippen LogP contribution in [0.5, 0.6) is 0 Å². The monoisotopic (exact) mass is 488 g/mol. The zero-order valence-electron chi connectivity index (χ0n) is 19.5. The van der Waals surface area contributed by atoms with Crippen molar-refractivity contribution < 1.29 is 34.2 Å². The first kappa shape index (κ1) is 30.5. The lowest BCUT2D eigenvalue weighted by atomic mass is 10.0. The third-order valence-electron chi connectivity index (χ3n) is 4.63. The van der Waals surface area contributed by atoms with Crippen molar-refractivity contribution >= 4 is 35.6 Å². The van der Waals surface area contributed by atoms with Gasteiger partial charge in [0.05, 0.1) is 18.6 Å². The van der Waals surface area contributed by atoms with Crippen LogP contribution in [-0.4, -0.2) is 82.6 Å². The highest BCUT2D eigenvalue weighted by Gasteiger charge is 2.32. The normalized spacial score (nSPS) is 15.2. The summed E-state index contributed by atoms with van der Waals surface area (Å²) in [7, 11) is 0. The first-order chi connectivity index (χ1) is 15.7. The number of amides is 4. The molecule has 5 unspecified atom stereocenters. The highest BCUT2D eigenvalue weighted by Crippen LogP contribution is 2.07. The van der Waals surface area contributed by atoms with Gasteiger partial charge >= 0.3 is 5.97 Å². The Kier molecular flexibility index (Phi) is 13.2. The Morgan fingerprint density at radius 1 is 0.882 bits per heavy atom. The van der Waals surface area contributed by atoms with Gasteiger partial charge in [-0.2, -0.15) is 0 Å². The molecule has 0 aromatic rings. The van der Waals surface area contributed by atoms with Crippen LogP contribution in [-0.2, 0) is 24.0 Å². The molecule has 0 heterocycles. The maximum Gasteiger partial charge on any atom is 0.328 e. The van der Waals surface area contributed by atoms with Crippen molar-refractivity contribution in [3.63, 3.8) is 0 Å². The molecule has 0 saturated carbocycles. The molecular formula is C19H36N8O7. The molecule has 0 aromatic heterocycles. The first-order valence-corrected chi connectivity index (χ1v) is 10.6. The summed E-state index contributed by atoms with van der Waals surface area (Å²) in [5.74, 6) is -5.28. The number of carboxylic acid groups (broad SMARTS) is 1. The fourth-order valence-electron chi connectivity index (χ4n) is 2.78. The van der Waals surface area contributed by atoms with Gasteiger partial charge in [-0.25, -0.2) is 4.79 Å². The van der Waals surface area contributed by atoms with E-state index in [0.717, 1.165) is 0 Å². The number of guanidine groups is 1. The minimum atomic E-state index is -1.61. The van der Waals surface area contributed by atoms with Gasteiger partial charge in [0.25, 0.3) is 0 Å². The van der Waals surface area contributed by atoms with Gasteiger partial charge in [0.1, 0.15) is 12.1 Å². The number of hydrogen-bond acceptors (Lipinski definition) is 8. The van der Waals surface area contributed by atoms with Crippen molar-refractivity contribution in [3.05, 3.63) is 0 Å². The number of primary amides is 1. The molecule has 0 aliphatic heterocycles. The third-order valence-corrected chi connectivity index (χ3v) is 4.63. The minimum absolute atomic E-state index is 0.0143. The lowest BCUT2D eigenvalue weighted by molar-refractivity contribution is -0.145.